The third-order valence-corrected chi connectivity index (χ3v) is 5.08. The van der Waals surface area contributed by atoms with E-state index in [9.17, 15) is 9.50 Å². The van der Waals surface area contributed by atoms with Gasteiger partial charge < -0.3 is 10.4 Å². The molecule has 1 heterocycles. The molecule has 2 N–H and O–H groups in total. The van der Waals surface area contributed by atoms with Gasteiger partial charge in [0.1, 0.15) is 17.1 Å². The molecule has 1 aromatic carbocycles. The highest BCUT2D eigenvalue weighted by Gasteiger charge is 2.42. The highest BCUT2D eigenvalue weighted by atomic mass is 35.5. The second kappa shape index (κ2) is 6.19. The van der Waals surface area contributed by atoms with Crippen LogP contribution in [0.15, 0.2) is 23.1 Å². The Hall–Kier alpha value is -0.000000000000000111. The Morgan fingerprint density at radius 2 is 2.26 bits per heavy atom. The zero-order valence-electron chi connectivity index (χ0n) is 10.5. The smallest absolute Gasteiger partial charge is 0.136 e. The Balaban J connectivity index is 2.40. The van der Waals surface area contributed by atoms with E-state index in [-0.39, 0.29) is 0 Å². The van der Waals surface area contributed by atoms with Gasteiger partial charge in [-0.05, 0) is 30.7 Å². The van der Waals surface area contributed by atoms with Crippen LogP contribution in [0.5, 0.6) is 0 Å². The predicted octanol–water partition coefficient (Wildman–Crippen LogP) is 2.88. The summed E-state index contributed by atoms with van der Waals surface area (Å²) in [5.74, 6) is 1.02. The van der Waals surface area contributed by atoms with Gasteiger partial charge in [0, 0.05) is 10.6 Å². The second-order valence-corrected chi connectivity index (χ2v) is 6.88. The van der Waals surface area contributed by atoms with Gasteiger partial charge in [-0.2, -0.15) is 0 Å². The van der Waals surface area contributed by atoms with Crippen molar-refractivity contribution in [1.29, 1.82) is 0 Å². The largest absolute Gasteiger partial charge is 0.381 e. The first kappa shape index (κ1) is 15.4. The number of rotatable bonds is 5. The lowest BCUT2D eigenvalue weighted by atomic mass is 9.87. The standard InChI is InChI=1S/C13H16Cl2FNOS/c1-17-11(12(14)15)13(18,7-16)9-3-2-8-4-5-19-10(8)6-9/h2-3,6,11-12,17-18H,4-5,7H2,1H3. The molecule has 106 valence electrons. The summed E-state index contributed by atoms with van der Waals surface area (Å²) in [6.45, 7) is -0.947. The van der Waals surface area contributed by atoms with Crippen LogP contribution in [0.3, 0.4) is 0 Å². The summed E-state index contributed by atoms with van der Waals surface area (Å²) in [6.07, 6.45) is 1.01. The first-order valence-corrected chi connectivity index (χ1v) is 7.88. The van der Waals surface area contributed by atoms with Crippen molar-refractivity contribution in [2.24, 2.45) is 0 Å². The van der Waals surface area contributed by atoms with Crippen LogP contribution < -0.4 is 5.32 Å². The molecular weight excluding hydrogens is 308 g/mol. The number of nitrogens with one attached hydrogen (secondary N) is 1. The van der Waals surface area contributed by atoms with E-state index in [4.69, 9.17) is 23.2 Å². The van der Waals surface area contributed by atoms with Crippen LogP contribution in [0, 0.1) is 0 Å². The van der Waals surface area contributed by atoms with E-state index in [2.05, 4.69) is 5.32 Å². The maximum Gasteiger partial charge on any atom is 0.136 e. The molecule has 1 aliphatic heterocycles. The summed E-state index contributed by atoms with van der Waals surface area (Å²) in [7, 11) is 1.60. The molecule has 2 unspecified atom stereocenters. The number of benzene rings is 1. The number of likely N-dealkylation sites (N-methyl/N-ethyl adjacent to an activating group) is 1. The maximum absolute atomic E-state index is 13.5. The molecule has 0 amide bonds. The minimum atomic E-state index is -1.72. The lowest BCUT2D eigenvalue weighted by Crippen LogP contribution is -2.52. The van der Waals surface area contributed by atoms with Gasteiger partial charge in [-0.25, -0.2) is 4.39 Å². The van der Waals surface area contributed by atoms with Crippen LogP contribution in [0.25, 0.3) is 0 Å². The average Bonchev–Trinajstić information content (AvgIpc) is 2.85. The van der Waals surface area contributed by atoms with Gasteiger partial charge in [0.25, 0.3) is 0 Å². The molecule has 0 aromatic heterocycles. The van der Waals surface area contributed by atoms with E-state index in [1.165, 1.54) is 5.56 Å². The number of hydrogen-bond donors (Lipinski definition) is 2. The van der Waals surface area contributed by atoms with Gasteiger partial charge in [-0.1, -0.05) is 12.1 Å². The molecule has 6 heteroatoms. The van der Waals surface area contributed by atoms with Crippen molar-refractivity contribution in [2.75, 3.05) is 19.5 Å². The Labute approximate surface area is 126 Å². The minimum Gasteiger partial charge on any atom is -0.381 e. The zero-order chi connectivity index (χ0) is 14.0. The molecule has 0 spiro atoms. The van der Waals surface area contributed by atoms with Crippen LogP contribution in [0.4, 0.5) is 4.39 Å². The summed E-state index contributed by atoms with van der Waals surface area (Å²) in [5.41, 5.74) is 0.0271. The fourth-order valence-corrected chi connectivity index (χ4v) is 4.13. The molecule has 0 saturated carbocycles. The molecular formula is C13H16Cl2FNOS. The second-order valence-electron chi connectivity index (χ2n) is 4.58. The normalized spacial score (nSPS) is 19.3. The van der Waals surface area contributed by atoms with E-state index < -0.39 is 23.2 Å². The summed E-state index contributed by atoms with van der Waals surface area (Å²) in [5, 5.41) is 13.4. The highest BCUT2D eigenvalue weighted by Crippen LogP contribution is 2.37. The zero-order valence-corrected chi connectivity index (χ0v) is 12.8. The van der Waals surface area contributed by atoms with Gasteiger partial charge in [0.05, 0.1) is 6.04 Å². The number of alkyl halides is 3. The SMILES string of the molecule is CNC(C(Cl)Cl)C(O)(CF)c1ccc2c(c1)SCC2. The monoisotopic (exact) mass is 323 g/mol. The van der Waals surface area contributed by atoms with Crippen molar-refractivity contribution in [3.8, 4) is 0 Å². The van der Waals surface area contributed by atoms with Crippen LogP contribution in [0.1, 0.15) is 11.1 Å². The van der Waals surface area contributed by atoms with E-state index >= 15 is 0 Å². The first-order valence-electron chi connectivity index (χ1n) is 6.03. The van der Waals surface area contributed by atoms with Crippen LogP contribution in [0.2, 0.25) is 0 Å². The highest BCUT2D eigenvalue weighted by molar-refractivity contribution is 7.99. The Morgan fingerprint density at radius 1 is 1.53 bits per heavy atom. The number of fused-ring (bicyclic) bond motifs is 1. The van der Waals surface area contributed by atoms with Crippen molar-refractivity contribution < 1.29 is 9.50 Å². The van der Waals surface area contributed by atoms with Crippen LogP contribution in [-0.2, 0) is 12.0 Å². The molecule has 0 radical (unpaired) electrons. The summed E-state index contributed by atoms with van der Waals surface area (Å²) in [4.78, 5) is 0.187. The average molecular weight is 324 g/mol. The van der Waals surface area contributed by atoms with Crippen LogP contribution >= 0.6 is 35.0 Å². The molecule has 19 heavy (non-hydrogen) atoms. The third kappa shape index (κ3) is 2.88. The molecule has 0 aliphatic carbocycles. The van der Waals surface area contributed by atoms with E-state index in [1.54, 1.807) is 24.9 Å². The summed E-state index contributed by atoms with van der Waals surface area (Å²) >= 11 is 13.4. The first-order chi connectivity index (χ1) is 9.02. The van der Waals surface area contributed by atoms with Crippen LogP contribution in [-0.4, -0.2) is 35.5 Å². The number of halogens is 3. The van der Waals surface area contributed by atoms with Crippen molar-refractivity contribution in [1.82, 2.24) is 5.32 Å². The number of hydrogen-bond acceptors (Lipinski definition) is 3. The molecule has 0 fully saturated rings. The van der Waals surface area contributed by atoms with E-state index in [0.717, 1.165) is 17.1 Å². The molecule has 2 nitrogen and oxygen atoms in total. The van der Waals surface area contributed by atoms with Gasteiger partial charge in [-0.15, -0.1) is 35.0 Å². The molecule has 2 atom stereocenters. The molecule has 1 aromatic rings. The van der Waals surface area contributed by atoms with Gasteiger partial charge in [0.15, 0.2) is 0 Å². The number of aryl methyl sites for hydroxylation is 1. The number of aliphatic hydroxyl groups is 1. The Morgan fingerprint density at radius 3 is 2.84 bits per heavy atom. The molecule has 0 saturated heterocycles. The minimum absolute atomic E-state index is 0.508. The third-order valence-electron chi connectivity index (χ3n) is 3.48. The summed E-state index contributed by atoms with van der Waals surface area (Å²) < 4.78 is 13.5. The number of thioether (sulfide) groups is 1. The Bertz CT molecular complexity index is 460. The predicted molar refractivity (Wildman–Crippen MR) is 79.1 cm³/mol. The fraction of sp³-hybridized carbons (Fsp3) is 0.538. The molecule has 1 aliphatic rings. The van der Waals surface area contributed by atoms with Gasteiger partial charge in [0.2, 0.25) is 0 Å². The van der Waals surface area contributed by atoms with E-state index in [1.807, 2.05) is 12.1 Å². The molecule has 2 rings (SSSR count). The van der Waals surface area contributed by atoms with Crippen molar-refractivity contribution in [3.63, 3.8) is 0 Å². The van der Waals surface area contributed by atoms with Gasteiger partial charge >= 0.3 is 0 Å². The van der Waals surface area contributed by atoms with E-state index in [0.29, 0.717) is 5.56 Å². The quantitative estimate of drug-likeness (QED) is 0.817. The Kier molecular flexibility index (Phi) is 5.01. The van der Waals surface area contributed by atoms with Crippen molar-refractivity contribution >= 4 is 35.0 Å². The fourth-order valence-electron chi connectivity index (χ4n) is 2.35. The van der Waals surface area contributed by atoms with Crippen molar-refractivity contribution in [2.45, 2.75) is 27.8 Å². The lowest BCUT2D eigenvalue weighted by Gasteiger charge is -2.35. The van der Waals surface area contributed by atoms with Crippen molar-refractivity contribution in [3.05, 3.63) is 29.3 Å². The molecule has 0 bridgehead atoms. The summed E-state index contributed by atoms with van der Waals surface area (Å²) in [6, 6.07) is 4.76. The topological polar surface area (TPSA) is 32.3 Å². The van der Waals surface area contributed by atoms with Gasteiger partial charge in [-0.3, -0.25) is 0 Å². The lowest BCUT2D eigenvalue weighted by molar-refractivity contribution is -0.0191. The maximum atomic E-state index is 13.5.